The number of carbonyl (C=O) groups is 1. The van der Waals surface area contributed by atoms with Gasteiger partial charge in [-0.1, -0.05) is 42.4 Å². The minimum Gasteiger partial charge on any atom is -0.495 e. The molecule has 1 saturated heterocycles. The van der Waals surface area contributed by atoms with Crippen LogP contribution in [-0.2, 0) is 11.2 Å². The fourth-order valence-electron chi connectivity index (χ4n) is 4.16. The van der Waals surface area contributed by atoms with Gasteiger partial charge in [-0.15, -0.1) is 0 Å². The van der Waals surface area contributed by atoms with E-state index in [9.17, 15) is 9.18 Å². The number of halogens is 2. The van der Waals surface area contributed by atoms with E-state index < -0.39 is 5.91 Å². The summed E-state index contributed by atoms with van der Waals surface area (Å²) in [4.78, 5) is 22.5. The zero-order valence-electron chi connectivity index (χ0n) is 19.9. The third-order valence-corrected chi connectivity index (χ3v) is 6.29. The number of nitrogens with one attached hydrogen (secondary N) is 2. The summed E-state index contributed by atoms with van der Waals surface area (Å²) < 4.78 is 18.1. The van der Waals surface area contributed by atoms with Gasteiger partial charge in [-0.25, -0.2) is 9.37 Å². The normalized spacial score (nSPS) is 13.6. The molecule has 1 fully saturated rings. The first-order valence-corrected chi connectivity index (χ1v) is 11.9. The van der Waals surface area contributed by atoms with Crippen LogP contribution < -0.4 is 21.1 Å². The largest absolute Gasteiger partial charge is 0.495 e. The highest BCUT2D eigenvalue weighted by Crippen LogP contribution is 2.32. The lowest BCUT2D eigenvalue weighted by molar-refractivity contribution is -0.112. The molecule has 3 aromatic rings. The minimum atomic E-state index is -0.620. The van der Waals surface area contributed by atoms with Gasteiger partial charge in [0.15, 0.2) is 5.82 Å². The number of anilines is 4. The first-order valence-electron chi connectivity index (χ1n) is 11.5. The molecule has 188 valence electrons. The molecule has 2 aromatic carbocycles. The Morgan fingerprint density at radius 1 is 1.25 bits per heavy atom. The van der Waals surface area contributed by atoms with Crippen molar-refractivity contribution in [3.05, 3.63) is 71.4 Å². The molecule has 0 atom stereocenters. The third kappa shape index (κ3) is 5.92. The summed E-state index contributed by atoms with van der Waals surface area (Å²) in [5.74, 6) is 1.20. The maximum atomic E-state index is 12.5. The highest BCUT2D eigenvalue weighted by Gasteiger charge is 2.26. The summed E-state index contributed by atoms with van der Waals surface area (Å²) >= 11 is 6.34. The molecule has 1 aliphatic rings. The van der Waals surface area contributed by atoms with E-state index in [2.05, 4.69) is 32.1 Å². The monoisotopic (exact) mass is 510 g/mol. The molecule has 36 heavy (non-hydrogen) atoms. The third-order valence-electron chi connectivity index (χ3n) is 6.02. The first kappa shape index (κ1) is 25.4. The van der Waals surface area contributed by atoms with E-state index in [1.807, 2.05) is 24.3 Å². The van der Waals surface area contributed by atoms with Crippen LogP contribution in [0, 0.1) is 5.92 Å². The van der Waals surface area contributed by atoms with Gasteiger partial charge in [0.25, 0.3) is 0 Å². The molecule has 0 unspecified atom stereocenters. The molecule has 1 amide bonds. The van der Waals surface area contributed by atoms with Crippen LogP contribution in [0.5, 0.6) is 5.75 Å². The van der Waals surface area contributed by atoms with E-state index in [1.165, 1.54) is 6.20 Å². The molecule has 0 spiro atoms. The SMILES string of the molecule is C=C(C(N)=O)c1ccccc1Nc1nc(Nc2ccc(CC3CN(CCF)C3)cc2OC)ncc1Cl. The van der Waals surface area contributed by atoms with Crippen LogP contribution in [-0.4, -0.2) is 54.2 Å². The molecule has 0 aliphatic carbocycles. The molecule has 2 heterocycles. The topological polar surface area (TPSA) is 105 Å². The fraction of sp³-hybridized carbons (Fsp3) is 0.269. The molecular formula is C26H28ClFN6O2. The van der Waals surface area contributed by atoms with E-state index in [4.69, 9.17) is 22.1 Å². The second kappa shape index (κ2) is 11.4. The van der Waals surface area contributed by atoms with E-state index in [0.29, 0.717) is 51.9 Å². The predicted molar refractivity (Wildman–Crippen MR) is 141 cm³/mol. The van der Waals surface area contributed by atoms with Crippen LogP contribution >= 0.6 is 11.6 Å². The molecule has 0 saturated carbocycles. The van der Waals surface area contributed by atoms with Gasteiger partial charge in [-0.2, -0.15) is 4.98 Å². The average molecular weight is 511 g/mol. The van der Waals surface area contributed by atoms with E-state index in [-0.39, 0.29) is 12.2 Å². The number of likely N-dealkylation sites (tertiary alicyclic amines) is 1. The van der Waals surface area contributed by atoms with Gasteiger partial charge in [0.05, 0.1) is 19.0 Å². The van der Waals surface area contributed by atoms with Crippen LogP contribution in [0.2, 0.25) is 5.02 Å². The van der Waals surface area contributed by atoms with Gasteiger partial charge >= 0.3 is 0 Å². The predicted octanol–water partition coefficient (Wildman–Crippen LogP) is 4.57. The highest BCUT2D eigenvalue weighted by molar-refractivity contribution is 6.33. The minimum absolute atomic E-state index is 0.170. The van der Waals surface area contributed by atoms with E-state index in [1.54, 1.807) is 25.3 Å². The number of aromatic nitrogens is 2. The molecule has 4 rings (SSSR count). The Hall–Kier alpha value is -3.69. The zero-order chi connectivity index (χ0) is 25.7. The maximum Gasteiger partial charge on any atom is 0.248 e. The van der Waals surface area contributed by atoms with Gasteiger partial charge in [-0.3, -0.25) is 4.79 Å². The molecule has 0 bridgehead atoms. The molecule has 1 aliphatic heterocycles. The summed E-state index contributed by atoms with van der Waals surface area (Å²) in [6.07, 6.45) is 2.38. The zero-order valence-corrected chi connectivity index (χ0v) is 20.7. The Kier molecular flexibility index (Phi) is 8.02. The quantitative estimate of drug-likeness (QED) is 0.324. The van der Waals surface area contributed by atoms with Crippen molar-refractivity contribution in [3.8, 4) is 5.75 Å². The number of nitrogens with zero attached hydrogens (tertiary/aromatic N) is 3. The molecule has 1 aromatic heterocycles. The molecule has 4 N–H and O–H groups in total. The summed E-state index contributed by atoms with van der Waals surface area (Å²) in [6, 6.07) is 13.0. The number of ether oxygens (including phenoxy) is 1. The molecule has 8 nitrogen and oxygen atoms in total. The van der Waals surface area contributed by atoms with Gasteiger partial charge < -0.3 is 26.0 Å². The number of benzene rings is 2. The number of rotatable bonds is 11. The number of nitrogens with two attached hydrogens (primary N) is 1. The summed E-state index contributed by atoms with van der Waals surface area (Å²) in [5, 5.41) is 6.61. The van der Waals surface area contributed by atoms with Crippen LogP contribution in [0.1, 0.15) is 11.1 Å². The number of carbonyl (C=O) groups excluding carboxylic acids is 1. The summed E-state index contributed by atoms with van der Waals surface area (Å²) in [5.41, 5.74) is 8.55. The number of alkyl halides is 1. The van der Waals surface area contributed by atoms with Gasteiger partial charge in [0.1, 0.15) is 17.4 Å². The Bertz CT molecular complexity index is 1260. The number of amides is 1. The van der Waals surface area contributed by atoms with Crippen LogP contribution in [0.4, 0.5) is 27.5 Å². The van der Waals surface area contributed by atoms with Gasteiger partial charge in [-0.05, 0) is 36.1 Å². The number of hydrogen-bond acceptors (Lipinski definition) is 7. The van der Waals surface area contributed by atoms with Crippen molar-refractivity contribution in [1.82, 2.24) is 14.9 Å². The number of methoxy groups -OCH3 is 1. The van der Waals surface area contributed by atoms with E-state index in [0.717, 1.165) is 25.1 Å². The summed E-state index contributed by atoms with van der Waals surface area (Å²) in [6.45, 7) is 5.79. The van der Waals surface area contributed by atoms with Crippen LogP contribution in [0.15, 0.2) is 55.2 Å². The van der Waals surface area contributed by atoms with E-state index >= 15 is 0 Å². The number of hydrogen-bond donors (Lipinski definition) is 3. The lowest BCUT2D eigenvalue weighted by Crippen LogP contribution is -2.48. The second-order valence-corrected chi connectivity index (χ2v) is 8.99. The van der Waals surface area contributed by atoms with Crippen molar-refractivity contribution >= 4 is 46.2 Å². The van der Waals surface area contributed by atoms with Crippen molar-refractivity contribution in [2.45, 2.75) is 6.42 Å². The maximum absolute atomic E-state index is 12.5. The van der Waals surface area contributed by atoms with Gasteiger partial charge in [0, 0.05) is 36.5 Å². The first-order chi connectivity index (χ1) is 17.4. The van der Waals surface area contributed by atoms with Crippen molar-refractivity contribution in [2.75, 3.05) is 44.1 Å². The lowest BCUT2D eigenvalue weighted by atomic mass is 9.92. The number of primary amides is 1. The smallest absolute Gasteiger partial charge is 0.248 e. The molecule has 0 radical (unpaired) electrons. The standard InChI is InChI=1S/C26H28ClFN6O2/c1-16(24(29)35)19-5-3-4-6-21(19)31-25-20(27)13-30-26(33-25)32-22-8-7-17(12-23(22)36-2)11-18-14-34(15-18)10-9-28/h3-8,12-13,18H,1,9-11,14-15H2,2H3,(H2,29,35)(H2,30,31,32,33). The molecule has 10 heteroatoms. The van der Waals surface area contributed by atoms with Crippen molar-refractivity contribution in [1.29, 1.82) is 0 Å². The Morgan fingerprint density at radius 2 is 2.03 bits per heavy atom. The highest BCUT2D eigenvalue weighted by atomic mass is 35.5. The van der Waals surface area contributed by atoms with Crippen molar-refractivity contribution in [3.63, 3.8) is 0 Å². The van der Waals surface area contributed by atoms with Gasteiger partial charge in [0.2, 0.25) is 11.9 Å². The number of para-hydroxylation sites is 1. The average Bonchev–Trinajstić information content (AvgIpc) is 2.85. The van der Waals surface area contributed by atoms with Crippen LogP contribution in [0.3, 0.4) is 0 Å². The van der Waals surface area contributed by atoms with Crippen LogP contribution in [0.25, 0.3) is 5.57 Å². The fourth-order valence-corrected chi connectivity index (χ4v) is 4.30. The Balaban J connectivity index is 1.49. The summed E-state index contributed by atoms with van der Waals surface area (Å²) in [7, 11) is 1.61. The molecular weight excluding hydrogens is 483 g/mol. The van der Waals surface area contributed by atoms with Crippen molar-refractivity contribution < 1.29 is 13.9 Å². The lowest BCUT2D eigenvalue weighted by Gasteiger charge is -2.38. The second-order valence-electron chi connectivity index (χ2n) is 8.58. The van der Waals surface area contributed by atoms with Crippen molar-refractivity contribution in [2.24, 2.45) is 11.7 Å². The Morgan fingerprint density at radius 3 is 2.75 bits per heavy atom. The Labute approximate surface area is 214 Å².